The number of para-hydroxylation sites is 1. The number of nitrogens with zero attached hydrogens (tertiary/aromatic N) is 2. The fraction of sp³-hybridized carbons (Fsp3) is 0.238. The highest BCUT2D eigenvalue weighted by Gasteiger charge is 2.14. The second kappa shape index (κ2) is 9.73. The lowest BCUT2D eigenvalue weighted by Crippen LogP contribution is -2.34. The Balaban J connectivity index is 1.59. The molecule has 2 aromatic heterocycles. The molecule has 0 unspecified atom stereocenters. The number of aromatic nitrogens is 2. The second-order valence-electron chi connectivity index (χ2n) is 6.61. The van der Waals surface area contributed by atoms with E-state index in [1.807, 2.05) is 37.4 Å². The van der Waals surface area contributed by atoms with Crippen molar-refractivity contribution in [2.24, 2.45) is 0 Å². The summed E-state index contributed by atoms with van der Waals surface area (Å²) in [7, 11) is 0. The van der Waals surface area contributed by atoms with E-state index in [-0.39, 0.29) is 29.7 Å². The Morgan fingerprint density at radius 3 is 2.67 bits per heavy atom. The van der Waals surface area contributed by atoms with Gasteiger partial charge in [-0.1, -0.05) is 36.0 Å². The molecule has 0 fully saturated rings. The number of nitrogens with one attached hydrogen (secondary N) is 2. The molecule has 0 aliphatic carbocycles. The summed E-state index contributed by atoms with van der Waals surface area (Å²) >= 11 is 2.49. The van der Waals surface area contributed by atoms with E-state index in [9.17, 15) is 14.4 Å². The number of aryl methyl sites for hydroxylation is 2. The highest BCUT2D eigenvalue weighted by molar-refractivity contribution is 7.99. The van der Waals surface area contributed by atoms with Crippen molar-refractivity contribution in [3.63, 3.8) is 0 Å². The fourth-order valence-corrected chi connectivity index (χ4v) is 4.50. The number of fused-ring (bicyclic) bond motifs is 1. The van der Waals surface area contributed by atoms with Crippen LogP contribution in [0.4, 0.5) is 5.69 Å². The minimum atomic E-state index is -0.318. The zero-order valence-corrected chi connectivity index (χ0v) is 18.4. The van der Waals surface area contributed by atoms with Gasteiger partial charge in [0.1, 0.15) is 4.70 Å². The van der Waals surface area contributed by atoms with Crippen molar-refractivity contribution < 1.29 is 9.59 Å². The maximum atomic E-state index is 12.6. The predicted octanol–water partition coefficient (Wildman–Crippen LogP) is 3.11. The standard InChI is InChI=1S/C21H22N4O3S2/c1-4-9-25-20(28)19-15(8-10-29-19)23-21(25)30-12-17(27)22-11-16(26)24-18-13(2)6-5-7-14(18)3/h4-8,10H,1,9,11-12H2,2-3H3,(H,22,27)(H,24,26). The molecule has 9 heteroatoms. The van der Waals surface area contributed by atoms with Gasteiger partial charge in [-0.05, 0) is 36.4 Å². The van der Waals surface area contributed by atoms with Crippen molar-refractivity contribution in [3.05, 3.63) is 63.8 Å². The van der Waals surface area contributed by atoms with Gasteiger partial charge in [-0.15, -0.1) is 17.9 Å². The maximum absolute atomic E-state index is 12.6. The number of hydrogen-bond donors (Lipinski definition) is 2. The minimum Gasteiger partial charge on any atom is -0.346 e. The van der Waals surface area contributed by atoms with E-state index in [1.165, 1.54) is 15.9 Å². The first-order valence-corrected chi connectivity index (χ1v) is 11.1. The Hall–Kier alpha value is -2.91. The number of thiophene rings is 1. The van der Waals surface area contributed by atoms with Crippen LogP contribution in [0.25, 0.3) is 10.2 Å². The van der Waals surface area contributed by atoms with Gasteiger partial charge in [-0.25, -0.2) is 4.98 Å². The van der Waals surface area contributed by atoms with E-state index >= 15 is 0 Å². The molecule has 2 heterocycles. The van der Waals surface area contributed by atoms with Gasteiger partial charge in [-0.3, -0.25) is 19.0 Å². The van der Waals surface area contributed by atoms with Crippen LogP contribution >= 0.6 is 23.1 Å². The molecular formula is C21H22N4O3S2. The number of carbonyl (C=O) groups excluding carboxylic acids is 2. The van der Waals surface area contributed by atoms with Crippen LogP contribution in [0.3, 0.4) is 0 Å². The number of rotatable bonds is 8. The quantitative estimate of drug-likeness (QED) is 0.318. The van der Waals surface area contributed by atoms with Crippen molar-refractivity contribution in [1.82, 2.24) is 14.9 Å². The lowest BCUT2D eigenvalue weighted by atomic mass is 10.1. The van der Waals surface area contributed by atoms with Gasteiger partial charge in [0.15, 0.2) is 5.16 Å². The highest BCUT2D eigenvalue weighted by Crippen LogP contribution is 2.21. The summed E-state index contributed by atoms with van der Waals surface area (Å²) in [6, 6.07) is 7.53. The van der Waals surface area contributed by atoms with Crippen molar-refractivity contribution >= 4 is 50.8 Å². The molecule has 0 radical (unpaired) electrons. The Labute approximate surface area is 182 Å². The Morgan fingerprint density at radius 2 is 1.97 bits per heavy atom. The molecule has 0 aliphatic heterocycles. The predicted molar refractivity (Wildman–Crippen MR) is 122 cm³/mol. The normalized spacial score (nSPS) is 10.7. The molecular weight excluding hydrogens is 420 g/mol. The smallest absolute Gasteiger partial charge is 0.272 e. The topological polar surface area (TPSA) is 93.1 Å². The van der Waals surface area contributed by atoms with Crippen molar-refractivity contribution in [2.45, 2.75) is 25.5 Å². The molecule has 1 aromatic carbocycles. The summed E-state index contributed by atoms with van der Waals surface area (Å²) in [5.41, 5.74) is 3.14. The Bertz CT molecular complexity index is 1150. The molecule has 3 rings (SSSR count). The largest absolute Gasteiger partial charge is 0.346 e. The van der Waals surface area contributed by atoms with E-state index in [1.54, 1.807) is 12.1 Å². The van der Waals surface area contributed by atoms with Crippen LogP contribution in [0.15, 0.2) is 52.3 Å². The molecule has 0 aliphatic rings. The van der Waals surface area contributed by atoms with Crippen LogP contribution in [0.5, 0.6) is 0 Å². The third-order valence-corrected chi connectivity index (χ3v) is 6.23. The first-order chi connectivity index (χ1) is 14.4. The number of thioether (sulfide) groups is 1. The molecule has 0 bridgehead atoms. The molecule has 0 atom stereocenters. The minimum absolute atomic E-state index is 0.0376. The van der Waals surface area contributed by atoms with Gasteiger partial charge in [0.25, 0.3) is 5.56 Å². The zero-order valence-electron chi connectivity index (χ0n) is 16.7. The molecule has 7 nitrogen and oxygen atoms in total. The van der Waals surface area contributed by atoms with Gasteiger partial charge in [-0.2, -0.15) is 0 Å². The SMILES string of the molecule is C=CCn1c(SCC(=O)NCC(=O)Nc2c(C)cccc2C)nc2ccsc2c1=O. The van der Waals surface area contributed by atoms with Crippen LogP contribution in [-0.4, -0.2) is 33.7 Å². The average molecular weight is 443 g/mol. The first kappa shape index (κ1) is 21.8. The highest BCUT2D eigenvalue weighted by atomic mass is 32.2. The molecule has 2 N–H and O–H groups in total. The lowest BCUT2D eigenvalue weighted by molar-refractivity contribution is -0.122. The van der Waals surface area contributed by atoms with Gasteiger partial charge >= 0.3 is 0 Å². The average Bonchev–Trinajstić information content (AvgIpc) is 3.19. The van der Waals surface area contributed by atoms with E-state index in [2.05, 4.69) is 22.2 Å². The molecule has 0 spiro atoms. The van der Waals surface area contributed by atoms with Crippen molar-refractivity contribution in [1.29, 1.82) is 0 Å². The van der Waals surface area contributed by atoms with E-state index in [0.717, 1.165) is 28.6 Å². The number of carbonyl (C=O) groups is 2. The van der Waals surface area contributed by atoms with Crippen molar-refractivity contribution in [3.8, 4) is 0 Å². The van der Waals surface area contributed by atoms with Gasteiger partial charge in [0.05, 0.1) is 17.8 Å². The third kappa shape index (κ3) is 4.98. The number of hydrogen-bond acceptors (Lipinski definition) is 6. The summed E-state index contributed by atoms with van der Waals surface area (Å²) in [6.45, 7) is 7.68. The number of amides is 2. The molecule has 30 heavy (non-hydrogen) atoms. The molecule has 0 saturated carbocycles. The van der Waals surface area contributed by atoms with Crippen LogP contribution < -0.4 is 16.2 Å². The summed E-state index contributed by atoms with van der Waals surface area (Å²) in [5.74, 6) is -0.579. The monoisotopic (exact) mass is 442 g/mol. The number of anilines is 1. The summed E-state index contributed by atoms with van der Waals surface area (Å²) in [5, 5.41) is 7.69. The van der Waals surface area contributed by atoms with Gasteiger partial charge in [0, 0.05) is 12.2 Å². The van der Waals surface area contributed by atoms with Crippen LogP contribution in [-0.2, 0) is 16.1 Å². The second-order valence-corrected chi connectivity index (χ2v) is 8.47. The summed E-state index contributed by atoms with van der Waals surface area (Å²) in [4.78, 5) is 41.5. The zero-order chi connectivity index (χ0) is 21.7. The summed E-state index contributed by atoms with van der Waals surface area (Å²) in [6.07, 6.45) is 1.62. The van der Waals surface area contributed by atoms with Gasteiger partial charge in [0.2, 0.25) is 11.8 Å². The van der Waals surface area contributed by atoms with E-state index in [4.69, 9.17) is 0 Å². The number of benzene rings is 1. The number of allylic oxidation sites excluding steroid dienone is 1. The fourth-order valence-electron chi connectivity index (χ4n) is 2.88. The Kier molecular flexibility index (Phi) is 7.07. The third-order valence-electron chi connectivity index (χ3n) is 4.37. The molecule has 3 aromatic rings. The van der Waals surface area contributed by atoms with Crippen LogP contribution in [0.2, 0.25) is 0 Å². The Morgan fingerprint density at radius 1 is 1.23 bits per heavy atom. The van der Waals surface area contributed by atoms with Gasteiger partial charge < -0.3 is 10.6 Å². The van der Waals surface area contributed by atoms with Crippen molar-refractivity contribution in [2.75, 3.05) is 17.6 Å². The summed E-state index contributed by atoms with van der Waals surface area (Å²) < 4.78 is 2.08. The van der Waals surface area contributed by atoms with Crippen LogP contribution in [0.1, 0.15) is 11.1 Å². The molecule has 156 valence electrons. The van der Waals surface area contributed by atoms with E-state index < -0.39 is 0 Å². The maximum Gasteiger partial charge on any atom is 0.272 e. The molecule has 0 saturated heterocycles. The van der Waals surface area contributed by atoms with Crippen LogP contribution in [0, 0.1) is 13.8 Å². The van der Waals surface area contributed by atoms with E-state index in [0.29, 0.717) is 21.9 Å². The molecule has 2 amide bonds. The first-order valence-electron chi connectivity index (χ1n) is 9.25. The lowest BCUT2D eigenvalue weighted by Gasteiger charge is -2.12.